The summed E-state index contributed by atoms with van der Waals surface area (Å²) in [6.45, 7) is 2.31. The zero-order valence-corrected chi connectivity index (χ0v) is 18.7. The quantitative estimate of drug-likeness (QED) is 0.430. The molecular formula is C23H22BrN5O2. The summed E-state index contributed by atoms with van der Waals surface area (Å²) in [5, 5.41) is 9.52. The molecule has 0 radical (unpaired) electrons. The van der Waals surface area contributed by atoms with E-state index in [2.05, 4.69) is 31.0 Å². The van der Waals surface area contributed by atoms with E-state index in [9.17, 15) is 4.79 Å². The third-order valence-electron chi connectivity index (χ3n) is 5.65. The van der Waals surface area contributed by atoms with Gasteiger partial charge in [-0.25, -0.2) is 4.40 Å². The van der Waals surface area contributed by atoms with Crippen LogP contribution < -0.4 is 15.2 Å². The second kappa shape index (κ2) is 8.19. The second-order valence-electron chi connectivity index (χ2n) is 7.58. The molecule has 0 bridgehead atoms. The molecule has 0 spiro atoms. The SMILES string of the molecule is COc1ccc(C=CCn2c(=O)c3cc(Br)ccc3n3c(N4CCCC4)nnc23)cc1. The molecule has 1 aliphatic heterocycles. The number of rotatable bonds is 5. The van der Waals surface area contributed by atoms with E-state index in [0.717, 1.165) is 53.2 Å². The zero-order valence-electron chi connectivity index (χ0n) is 17.2. The highest BCUT2D eigenvalue weighted by Crippen LogP contribution is 2.25. The minimum Gasteiger partial charge on any atom is -0.497 e. The van der Waals surface area contributed by atoms with Gasteiger partial charge in [-0.3, -0.25) is 9.36 Å². The predicted molar refractivity (Wildman–Crippen MR) is 126 cm³/mol. The largest absolute Gasteiger partial charge is 0.497 e. The van der Waals surface area contributed by atoms with E-state index in [0.29, 0.717) is 17.7 Å². The summed E-state index contributed by atoms with van der Waals surface area (Å²) in [7, 11) is 1.65. The first-order chi connectivity index (χ1) is 15.2. The Labute approximate surface area is 187 Å². The van der Waals surface area contributed by atoms with Gasteiger partial charge in [-0.2, -0.15) is 0 Å². The summed E-state index contributed by atoms with van der Waals surface area (Å²) in [5.41, 5.74) is 1.78. The van der Waals surface area contributed by atoms with Gasteiger partial charge in [0.2, 0.25) is 11.7 Å². The second-order valence-corrected chi connectivity index (χ2v) is 8.50. The molecule has 8 heteroatoms. The van der Waals surface area contributed by atoms with Crippen molar-refractivity contribution in [2.45, 2.75) is 19.4 Å². The van der Waals surface area contributed by atoms with Gasteiger partial charge in [-0.1, -0.05) is 40.2 Å². The van der Waals surface area contributed by atoms with Crippen LogP contribution in [0.25, 0.3) is 22.8 Å². The van der Waals surface area contributed by atoms with E-state index in [1.54, 1.807) is 11.7 Å². The number of methoxy groups -OCH3 is 1. The third kappa shape index (κ3) is 3.61. The molecule has 0 amide bonds. The molecule has 2 aromatic heterocycles. The highest BCUT2D eigenvalue weighted by Gasteiger charge is 2.22. The molecule has 2 aromatic carbocycles. The maximum atomic E-state index is 13.3. The Morgan fingerprint density at radius 1 is 1.10 bits per heavy atom. The van der Waals surface area contributed by atoms with E-state index >= 15 is 0 Å². The van der Waals surface area contributed by atoms with Crippen molar-refractivity contribution in [3.8, 4) is 5.75 Å². The van der Waals surface area contributed by atoms with Gasteiger partial charge in [0.25, 0.3) is 5.56 Å². The van der Waals surface area contributed by atoms with E-state index in [1.807, 2.05) is 59.0 Å². The highest BCUT2D eigenvalue weighted by atomic mass is 79.9. The van der Waals surface area contributed by atoms with Crippen molar-refractivity contribution in [1.29, 1.82) is 0 Å². The summed E-state index contributed by atoms with van der Waals surface area (Å²) in [6.07, 6.45) is 6.24. The first-order valence-corrected chi connectivity index (χ1v) is 11.1. The van der Waals surface area contributed by atoms with Crippen LogP contribution in [0.15, 0.2) is 57.8 Å². The molecule has 7 nitrogen and oxygen atoms in total. The Bertz CT molecular complexity index is 1330. The molecule has 1 saturated heterocycles. The molecule has 0 N–H and O–H groups in total. The van der Waals surface area contributed by atoms with Gasteiger partial charge >= 0.3 is 0 Å². The van der Waals surface area contributed by atoms with E-state index in [-0.39, 0.29) is 5.56 Å². The smallest absolute Gasteiger partial charge is 0.263 e. The minimum atomic E-state index is -0.0800. The molecule has 0 atom stereocenters. The van der Waals surface area contributed by atoms with Crippen molar-refractivity contribution in [3.63, 3.8) is 0 Å². The molecule has 3 heterocycles. The lowest BCUT2D eigenvalue weighted by molar-refractivity contribution is 0.415. The van der Waals surface area contributed by atoms with Crippen molar-refractivity contribution < 1.29 is 4.74 Å². The summed E-state index contributed by atoms with van der Waals surface area (Å²) in [5.74, 6) is 2.17. The van der Waals surface area contributed by atoms with Gasteiger partial charge in [0.05, 0.1) is 18.0 Å². The number of benzene rings is 2. The van der Waals surface area contributed by atoms with Crippen molar-refractivity contribution in [2.75, 3.05) is 25.1 Å². The number of hydrogen-bond acceptors (Lipinski definition) is 5. The van der Waals surface area contributed by atoms with Gasteiger partial charge in [0.1, 0.15) is 5.75 Å². The molecular weight excluding hydrogens is 458 g/mol. The monoisotopic (exact) mass is 479 g/mol. The predicted octanol–water partition coefficient (Wildman–Crippen LogP) is 4.13. The number of halogens is 1. The number of aromatic nitrogens is 4. The van der Waals surface area contributed by atoms with Crippen LogP contribution in [0.2, 0.25) is 0 Å². The van der Waals surface area contributed by atoms with Crippen molar-refractivity contribution >= 4 is 44.6 Å². The molecule has 1 fully saturated rings. The van der Waals surface area contributed by atoms with Crippen LogP contribution in [0.1, 0.15) is 18.4 Å². The number of anilines is 1. The molecule has 1 aliphatic rings. The Morgan fingerprint density at radius 2 is 1.87 bits per heavy atom. The molecule has 0 saturated carbocycles. The molecule has 31 heavy (non-hydrogen) atoms. The molecule has 0 aliphatic carbocycles. The van der Waals surface area contributed by atoms with Gasteiger partial charge in [-0.05, 0) is 48.7 Å². The fourth-order valence-corrected chi connectivity index (χ4v) is 4.43. The minimum absolute atomic E-state index is 0.0800. The number of fused-ring (bicyclic) bond motifs is 3. The number of allylic oxidation sites excluding steroid dienone is 1. The lowest BCUT2D eigenvalue weighted by Gasteiger charge is -2.16. The summed E-state index contributed by atoms with van der Waals surface area (Å²) in [4.78, 5) is 15.6. The maximum absolute atomic E-state index is 13.3. The van der Waals surface area contributed by atoms with E-state index in [1.165, 1.54) is 0 Å². The van der Waals surface area contributed by atoms with Crippen LogP contribution in [0.3, 0.4) is 0 Å². The number of hydrogen-bond donors (Lipinski definition) is 0. The molecule has 0 unspecified atom stereocenters. The standard InChI is InChI=1S/C23H22BrN5O2/c1-31-18-9-6-16(7-10-18)5-4-14-28-21(30)19-15-17(24)8-11-20(19)29-22(25-26-23(28)29)27-12-2-3-13-27/h4-11,15H,2-3,12-14H2,1H3. The van der Waals surface area contributed by atoms with Crippen molar-refractivity contribution in [3.05, 3.63) is 68.9 Å². The van der Waals surface area contributed by atoms with Crippen LogP contribution in [-0.4, -0.2) is 39.4 Å². The van der Waals surface area contributed by atoms with Gasteiger partial charge in [-0.15, -0.1) is 10.2 Å². The Balaban J connectivity index is 1.61. The average molecular weight is 480 g/mol. The van der Waals surface area contributed by atoms with Crippen LogP contribution in [0, 0.1) is 0 Å². The Morgan fingerprint density at radius 3 is 2.61 bits per heavy atom. The fraction of sp³-hybridized carbons (Fsp3) is 0.261. The molecule has 5 rings (SSSR count). The average Bonchev–Trinajstić information content (AvgIpc) is 3.46. The Kier molecular flexibility index (Phi) is 5.23. The topological polar surface area (TPSA) is 64.7 Å². The molecule has 158 valence electrons. The highest BCUT2D eigenvalue weighted by molar-refractivity contribution is 9.10. The van der Waals surface area contributed by atoms with Crippen LogP contribution in [0.5, 0.6) is 5.75 Å². The van der Waals surface area contributed by atoms with Crippen molar-refractivity contribution in [2.24, 2.45) is 0 Å². The van der Waals surface area contributed by atoms with Crippen LogP contribution in [-0.2, 0) is 6.54 Å². The molecule has 4 aromatic rings. The lowest BCUT2D eigenvalue weighted by atomic mass is 10.2. The normalized spacial score (nSPS) is 14.3. The summed E-state index contributed by atoms with van der Waals surface area (Å²) in [6, 6.07) is 13.6. The zero-order chi connectivity index (χ0) is 21.4. The Hall–Kier alpha value is -3.13. The summed E-state index contributed by atoms with van der Waals surface area (Å²) < 4.78 is 9.77. The number of ether oxygens (including phenoxy) is 1. The van der Waals surface area contributed by atoms with Crippen molar-refractivity contribution in [1.82, 2.24) is 19.2 Å². The third-order valence-corrected chi connectivity index (χ3v) is 6.14. The van der Waals surface area contributed by atoms with E-state index < -0.39 is 0 Å². The number of nitrogens with zero attached hydrogens (tertiary/aromatic N) is 5. The fourth-order valence-electron chi connectivity index (χ4n) is 4.06. The van der Waals surface area contributed by atoms with E-state index in [4.69, 9.17) is 4.74 Å². The lowest BCUT2D eigenvalue weighted by Crippen LogP contribution is -2.25. The first-order valence-electron chi connectivity index (χ1n) is 10.3. The van der Waals surface area contributed by atoms with Crippen LogP contribution in [0.4, 0.5) is 5.95 Å². The maximum Gasteiger partial charge on any atom is 0.263 e. The van der Waals surface area contributed by atoms with Gasteiger partial charge in [0.15, 0.2) is 0 Å². The van der Waals surface area contributed by atoms with Gasteiger partial charge < -0.3 is 9.64 Å². The first kappa shape index (κ1) is 19.8. The van der Waals surface area contributed by atoms with Crippen LogP contribution >= 0.6 is 15.9 Å². The summed E-state index contributed by atoms with van der Waals surface area (Å²) >= 11 is 3.50. The van der Waals surface area contributed by atoms with Gasteiger partial charge in [0, 0.05) is 24.1 Å².